The van der Waals surface area contributed by atoms with E-state index in [0.717, 1.165) is 11.2 Å². The van der Waals surface area contributed by atoms with Crippen LogP contribution in [0.1, 0.15) is 17.9 Å². The predicted octanol–water partition coefficient (Wildman–Crippen LogP) is 2.64. The Hall–Kier alpha value is -2.56. The first-order valence-corrected chi connectivity index (χ1v) is 6.95. The van der Waals surface area contributed by atoms with Crippen LogP contribution in [0.25, 0.3) is 10.9 Å². The fraction of sp³-hybridized carbons (Fsp3) is 0.250. The van der Waals surface area contributed by atoms with Crippen LogP contribution >= 0.6 is 0 Å². The van der Waals surface area contributed by atoms with Gasteiger partial charge in [0, 0.05) is 30.7 Å². The molecule has 1 N–H and O–H groups in total. The molecule has 0 saturated carbocycles. The number of nitrogens with one attached hydrogen (secondary N) is 1. The summed E-state index contributed by atoms with van der Waals surface area (Å²) >= 11 is 0. The van der Waals surface area contributed by atoms with Gasteiger partial charge in [0.15, 0.2) is 5.76 Å². The van der Waals surface area contributed by atoms with Crippen molar-refractivity contribution in [2.45, 2.75) is 26.4 Å². The minimum Gasteiger partial charge on any atom is -0.359 e. The number of aromatic nitrogens is 2. The van der Waals surface area contributed by atoms with Gasteiger partial charge in [-0.1, -0.05) is 23.4 Å². The van der Waals surface area contributed by atoms with Gasteiger partial charge in [0.05, 0.1) is 12.2 Å². The molecule has 0 aliphatic carbocycles. The van der Waals surface area contributed by atoms with Gasteiger partial charge in [0.25, 0.3) is 0 Å². The van der Waals surface area contributed by atoms with E-state index in [1.54, 1.807) is 0 Å². The van der Waals surface area contributed by atoms with Crippen molar-refractivity contribution >= 4 is 16.8 Å². The number of carbonyl (C=O) groups excluding carboxylic acids is 1. The molecule has 5 nitrogen and oxygen atoms in total. The molecule has 2 aromatic heterocycles. The summed E-state index contributed by atoms with van der Waals surface area (Å²) in [6, 6.07) is 12.0. The van der Waals surface area contributed by atoms with Crippen molar-refractivity contribution in [3.8, 4) is 0 Å². The molecule has 3 rings (SSSR count). The normalized spacial score (nSPS) is 10.9. The van der Waals surface area contributed by atoms with Crippen molar-refractivity contribution in [2.24, 2.45) is 0 Å². The van der Waals surface area contributed by atoms with Crippen molar-refractivity contribution in [2.75, 3.05) is 0 Å². The van der Waals surface area contributed by atoms with Gasteiger partial charge in [-0.2, -0.15) is 0 Å². The molecule has 1 amide bonds. The topological polar surface area (TPSA) is 60.1 Å². The highest BCUT2D eigenvalue weighted by Gasteiger charge is 2.06. The second-order valence-corrected chi connectivity index (χ2v) is 5.03. The maximum Gasteiger partial charge on any atom is 0.222 e. The molecular formula is C16H17N3O2. The summed E-state index contributed by atoms with van der Waals surface area (Å²) in [5.41, 5.74) is 1.97. The summed E-state index contributed by atoms with van der Waals surface area (Å²) in [5.74, 6) is 0.675. The van der Waals surface area contributed by atoms with Crippen LogP contribution in [0.4, 0.5) is 0 Å². The third kappa shape index (κ3) is 3.13. The van der Waals surface area contributed by atoms with Crippen LogP contribution in [0.5, 0.6) is 0 Å². The van der Waals surface area contributed by atoms with Gasteiger partial charge in [-0.25, -0.2) is 0 Å². The fourth-order valence-corrected chi connectivity index (χ4v) is 2.33. The zero-order valence-corrected chi connectivity index (χ0v) is 11.9. The molecule has 0 fully saturated rings. The predicted molar refractivity (Wildman–Crippen MR) is 79.6 cm³/mol. The summed E-state index contributed by atoms with van der Waals surface area (Å²) < 4.78 is 7.14. The molecule has 0 saturated heterocycles. The molecule has 0 radical (unpaired) electrons. The Morgan fingerprint density at radius 2 is 2.19 bits per heavy atom. The van der Waals surface area contributed by atoms with Crippen LogP contribution in [-0.2, 0) is 17.9 Å². The van der Waals surface area contributed by atoms with E-state index >= 15 is 0 Å². The molecule has 5 heteroatoms. The fourth-order valence-electron chi connectivity index (χ4n) is 2.33. The first-order chi connectivity index (χ1) is 10.2. The monoisotopic (exact) mass is 283 g/mol. The number of fused-ring (bicyclic) bond motifs is 1. The van der Waals surface area contributed by atoms with Crippen molar-refractivity contribution in [1.29, 1.82) is 0 Å². The molecule has 21 heavy (non-hydrogen) atoms. The first-order valence-electron chi connectivity index (χ1n) is 6.95. The lowest BCUT2D eigenvalue weighted by Crippen LogP contribution is -2.23. The summed E-state index contributed by atoms with van der Waals surface area (Å²) in [4.78, 5) is 11.9. The second-order valence-electron chi connectivity index (χ2n) is 5.03. The van der Waals surface area contributed by atoms with E-state index < -0.39 is 0 Å². The maximum atomic E-state index is 11.9. The van der Waals surface area contributed by atoms with E-state index in [1.807, 2.05) is 31.3 Å². The number of hydrogen-bond acceptors (Lipinski definition) is 3. The molecule has 0 unspecified atom stereocenters. The largest absolute Gasteiger partial charge is 0.359 e. The zero-order valence-electron chi connectivity index (χ0n) is 11.9. The average Bonchev–Trinajstić information content (AvgIpc) is 3.09. The summed E-state index contributed by atoms with van der Waals surface area (Å²) in [7, 11) is 0. The molecule has 0 bridgehead atoms. The number of carbonyl (C=O) groups is 1. The maximum absolute atomic E-state index is 11.9. The Bertz CT molecular complexity index is 758. The Labute approximate surface area is 122 Å². The van der Waals surface area contributed by atoms with Crippen LogP contribution in [0.2, 0.25) is 0 Å². The van der Waals surface area contributed by atoms with Gasteiger partial charge in [0.2, 0.25) is 5.91 Å². The molecular weight excluding hydrogens is 266 g/mol. The SMILES string of the molecule is Cc1cc(CNC(=O)CCn2ccc3ccccc32)on1. The van der Waals surface area contributed by atoms with E-state index in [1.165, 1.54) is 5.39 Å². The number of aryl methyl sites for hydroxylation is 2. The van der Waals surface area contributed by atoms with E-state index in [2.05, 4.69) is 33.2 Å². The van der Waals surface area contributed by atoms with Crippen LogP contribution < -0.4 is 5.32 Å². The molecule has 1 aromatic carbocycles. The summed E-state index contributed by atoms with van der Waals surface area (Å²) in [6.07, 6.45) is 2.45. The lowest BCUT2D eigenvalue weighted by Gasteiger charge is -2.06. The summed E-state index contributed by atoms with van der Waals surface area (Å²) in [5, 5.41) is 7.81. The minimum absolute atomic E-state index is 0.00170. The average molecular weight is 283 g/mol. The van der Waals surface area contributed by atoms with Gasteiger partial charge in [-0.15, -0.1) is 0 Å². The molecule has 0 aliphatic rings. The van der Waals surface area contributed by atoms with Crippen LogP contribution in [0, 0.1) is 6.92 Å². The van der Waals surface area contributed by atoms with Gasteiger partial charge in [-0.05, 0) is 24.4 Å². The van der Waals surface area contributed by atoms with Gasteiger partial charge in [-0.3, -0.25) is 4.79 Å². The Kier molecular flexibility index (Phi) is 3.73. The van der Waals surface area contributed by atoms with Gasteiger partial charge >= 0.3 is 0 Å². The van der Waals surface area contributed by atoms with Crippen LogP contribution in [0.15, 0.2) is 47.1 Å². The third-order valence-electron chi connectivity index (χ3n) is 3.40. The van der Waals surface area contributed by atoms with E-state index in [4.69, 9.17) is 4.52 Å². The smallest absolute Gasteiger partial charge is 0.222 e. The number of para-hydroxylation sites is 1. The molecule has 0 atom stereocenters. The Morgan fingerprint density at radius 1 is 1.33 bits per heavy atom. The van der Waals surface area contributed by atoms with Crippen molar-refractivity contribution in [3.63, 3.8) is 0 Å². The zero-order chi connectivity index (χ0) is 14.7. The number of benzene rings is 1. The number of amides is 1. The third-order valence-corrected chi connectivity index (χ3v) is 3.40. The number of hydrogen-bond donors (Lipinski definition) is 1. The highest BCUT2D eigenvalue weighted by molar-refractivity contribution is 5.80. The standard InChI is InChI=1S/C16H17N3O2/c1-12-10-14(21-18-12)11-17-16(20)7-9-19-8-6-13-4-2-3-5-15(13)19/h2-6,8,10H,7,9,11H2,1H3,(H,17,20). The Morgan fingerprint density at radius 3 is 3.00 bits per heavy atom. The highest BCUT2D eigenvalue weighted by atomic mass is 16.5. The Balaban J connectivity index is 1.54. The van der Waals surface area contributed by atoms with Crippen molar-refractivity contribution in [3.05, 3.63) is 54.0 Å². The summed E-state index contributed by atoms with van der Waals surface area (Å²) in [6.45, 7) is 2.90. The first kappa shape index (κ1) is 13.4. The second kappa shape index (κ2) is 5.83. The van der Waals surface area contributed by atoms with Gasteiger partial charge in [0.1, 0.15) is 0 Å². The van der Waals surface area contributed by atoms with Crippen LogP contribution in [0.3, 0.4) is 0 Å². The molecule has 3 aromatic rings. The van der Waals surface area contributed by atoms with Gasteiger partial charge < -0.3 is 14.4 Å². The van der Waals surface area contributed by atoms with Crippen molar-refractivity contribution < 1.29 is 9.32 Å². The lowest BCUT2D eigenvalue weighted by atomic mass is 10.2. The van der Waals surface area contributed by atoms with Crippen molar-refractivity contribution in [1.82, 2.24) is 15.0 Å². The molecule has 108 valence electrons. The number of nitrogens with zero attached hydrogens (tertiary/aromatic N) is 2. The lowest BCUT2D eigenvalue weighted by molar-refractivity contribution is -0.121. The quantitative estimate of drug-likeness (QED) is 0.783. The van der Waals surface area contributed by atoms with E-state index in [0.29, 0.717) is 25.3 Å². The number of rotatable bonds is 5. The molecule has 0 spiro atoms. The van der Waals surface area contributed by atoms with E-state index in [9.17, 15) is 4.79 Å². The minimum atomic E-state index is 0.00170. The van der Waals surface area contributed by atoms with Crippen LogP contribution in [-0.4, -0.2) is 15.6 Å². The highest BCUT2D eigenvalue weighted by Crippen LogP contribution is 2.15. The molecule has 2 heterocycles. The molecule has 0 aliphatic heterocycles. The van der Waals surface area contributed by atoms with E-state index in [-0.39, 0.29) is 5.91 Å².